The second kappa shape index (κ2) is 5.26. The molecule has 0 aromatic heterocycles. The zero-order valence-corrected chi connectivity index (χ0v) is 14.5. The molecule has 2 fully saturated rings. The molecule has 1 aromatic rings. The molecule has 1 aromatic carbocycles. The second-order valence-electron chi connectivity index (χ2n) is 8.01. The molecule has 0 aliphatic heterocycles. The molecule has 122 valence electrons. The number of fused-ring (bicyclic) bond motifs is 5. The summed E-state index contributed by atoms with van der Waals surface area (Å²) in [5, 5.41) is 0. The van der Waals surface area contributed by atoms with Crippen molar-refractivity contribution in [2.24, 2.45) is 17.3 Å². The minimum atomic E-state index is 0.407. The zero-order chi connectivity index (χ0) is 16.2. The lowest BCUT2D eigenvalue weighted by atomic mass is 9.55. The average molecular weight is 308 g/mol. The second-order valence-corrected chi connectivity index (χ2v) is 8.01. The Morgan fingerprint density at radius 1 is 1.22 bits per heavy atom. The third-order valence-corrected chi connectivity index (χ3v) is 7.25. The molecule has 0 radical (unpaired) electrons. The van der Waals surface area contributed by atoms with Gasteiger partial charge in [-0.25, -0.2) is 0 Å². The summed E-state index contributed by atoms with van der Waals surface area (Å²) in [6.45, 7) is 10.8. The number of aryl methyl sites for hydroxylation is 1. The van der Waals surface area contributed by atoms with E-state index in [0.717, 1.165) is 29.1 Å². The summed E-state index contributed by atoms with van der Waals surface area (Å²) in [4.78, 5) is 0. The Labute approximate surface area is 140 Å². The normalized spacial score (nSPS) is 35.2. The zero-order valence-electron chi connectivity index (χ0n) is 14.5. The van der Waals surface area contributed by atoms with Crippen LogP contribution in [-0.2, 0) is 6.42 Å². The van der Waals surface area contributed by atoms with Gasteiger partial charge in [0.2, 0.25) is 0 Å². The Balaban J connectivity index is 1.75. The van der Waals surface area contributed by atoms with Gasteiger partial charge < -0.3 is 4.74 Å². The molecule has 0 heterocycles. The predicted octanol–water partition coefficient (Wildman–Crippen LogP) is 5.75. The van der Waals surface area contributed by atoms with E-state index >= 15 is 0 Å². The lowest BCUT2D eigenvalue weighted by molar-refractivity contribution is 0.0816. The summed E-state index contributed by atoms with van der Waals surface area (Å²) in [6, 6.07) is 4.63. The summed E-state index contributed by atoms with van der Waals surface area (Å²) in [7, 11) is 1.77. The summed E-state index contributed by atoms with van der Waals surface area (Å²) < 4.78 is 5.62. The van der Waals surface area contributed by atoms with Crippen molar-refractivity contribution in [3.63, 3.8) is 0 Å². The molecule has 0 saturated heterocycles. The molecule has 1 heteroatoms. The number of benzene rings is 1. The van der Waals surface area contributed by atoms with Crippen LogP contribution in [0.2, 0.25) is 0 Å². The van der Waals surface area contributed by atoms with Crippen molar-refractivity contribution in [1.82, 2.24) is 0 Å². The summed E-state index contributed by atoms with van der Waals surface area (Å²) in [6.07, 6.45) is 9.69. The van der Waals surface area contributed by atoms with Crippen molar-refractivity contribution in [3.05, 3.63) is 47.6 Å². The van der Waals surface area contributed by atoms with Crippen molar-refractivity contribution >= 4 is 6.08 Å². The fraction of sp³-hybridized carbons (Fsp3) is 0.545. The number of hydrogen-bond donors (Lipinski definition) is 0. The van der Waals surface area contributed by atoms with Crippen LogP contribution in [0.1, 0.15) is 61.6 Å². The molecule has 0 bridgehead atoms. The van der Waals surface area contributed by atoms with Gasteiger partial charge in [0.25, 0.3) is 0 Å². The van der Waals surface area contributed by atoms with Gasteiger partial charge in [0, 0.05) is 5.56 Å². The molecule has 4 atom stereocenters. The van der Waals surface area contributed by atoms with Gasteiger partial charge in [0.05, 0.1) is 7.11 Å². The Morgan fingerprint density at radius 2 is 2.04 bits per heavy atom. The van der Waals surface area contributed by atoms with Crippen molar-refractivity contribution in [3.8, 4) is 5.75 Å². The molecule has 3 aliphatic rings. The maximum atomic E-state index is 5.62. The number of methoxy groups -OCH3 is 1. The Bertz CT molecular complexity index is 671. The number of ether oxygens (including phenoxy) is 1. The minimum Gasteiger partial charge on any atom is -0.496 e. The van der Waals surface area contributed by atoms with Crippen LogP contribution in [0.3, 0.4) is 0 Å². The molecular formula is C22H28O. The fourth-order valence-electron chi connectivity index (χ4n) is 5.86. The SMILES string of the molecule is C=Cc1cc2c(cc1OC)C1CC[C@]3(C)C(=C)CCC3C1CC2. The molecule has 3 unspecified atom stereocenters. The van der Waals surface area contributed by atoms with Crippen molar-refractivity contribution in [1.29, 1.82) is 0 Å². The smallest absolute Gasteiger partial charge is 0.126 e. The van der Waals surface area contributed by atoms with E-state index in [9.17, 15) is 0 Å². The molecule has 2 saturated carbocycles. The van der Waals surface area contributed by atoms with E-state index in [-0.39, 0.29) is 0 Å². The maximum absolute atomic E-state index is 5.62. The highest BCUT2D eigenvalue weighted by Crippen LogP contribution is 2.62. The Morgan fingerprint density at radius 3 is 2.78 bits per heavy atom. The molecule has 0 spiro atoms. The van der Waals surface area contributed by atoms with Gasteiger partial charge in [-0.15, -0.1) is 0 Å². The van der Waals surface area contributed by atoms with Gasteiger partial charge in [-0.3, -0.25) is 0 Å². The van der Waals surface area contributed by atoms with E-state index < -0.39 is 0 Å². The molecule has 0 amide bonds. The monoisotopic (exact) mass is 308 g/mol. The lowest BCUT2D eigenvalue weighted by Gasteiger charge is -2.49. The first kappa shape index (κ1) is 15.1. The van der Waals surface area contributed by atoms with Crippen LogP contribution in [0.4, 0.5) is 0 Å². The molecule has 23 heavy (non-hydrogen) atoms. The third-order valence-electron chi connectivity index (χ3n) is 7.25. The topological polar surface area (TPSA) is 9.23 Å². The third kappa shape index (κ3) is 2.05. The highest BCUT2D eigenvalue weighted by Gasteiger charge is 2.51. The van der Waals surface area contributed by atoms with Crippen molar-refractivity contribution < 1.29 is 4.74 Å². The van der Waals surface area contributed by atoms with Crippen molar-refractivity contribution in [2.75, 3.05) is 7.11 Å². The maximum Gasteiger partial charge on any atom is 0.126 e. The van der Waals surface area contributed by atoms with Gasteiger partial charge >= 0.3 is 0 Å². The number of allylic oxidation sites excluding steroid dienone is 1. The fourth-order valence-corrected chi connectivity index (χ4v) is 5.86. The number of hydrogen-bond acceptors (Lipinski definition) is 1. The lowest BCUT2D eigenvalue weighted by Crippen LogP contribution is -2.40. The van der Waals surface area contributed by atoms with E-state index in [1.165, 1.54) is 49.7 Å². The standard InChI is InChI=1S/C22H28O/c1-5-15-12-16-7-8-18-17(19(16)13-21(15)23-4)10-11-22(3)14(2)6-9-20(18)22/h5,12-13,17-18,20H,1-2,6-11H2,3-4H3/t17?,18?,20?,22-/m1/s1. The highest BCUT2D eigenvalue weighted by molar-refractivity contribution is 5.59. The van der Waals surface area contributed by atoms with Gasteiger partial charge in [-0.05, 0) is 85.0 Å². The van der Waals surface area contributed by atoms with Crippen molar-refractivity contribution in [2.45, 2.75) is 51.4 Å². The van der Waals surface area contributed by atoms with Gasteiger partial charge in [-0.2, -0.15) is 0 Å². The first-order valence-electron chi connectivity index (χ1n) is 9.10. The largest absolute Gasteiger partial charge is 0.496 e. The summed E-state index contributed by atoms with van der Waals surface area (Å²) in [5.74, 6) is 3.38. The van der Waals surface area contributed by atoms with Crippen LogP contribution in [0.15, 0.2) is 30.9 Å². The van der Waals surface area contributed by atoms with E-state index in [2.05, 4.69) is 32.2 Å². The molecule has 0 N–H and O–H groups in total. The van der Waals surface area contributed by atoms with Gasteiger partial charge in [-0.1, -0.05) is 31.7 Å². The molecule has 1 nitrogen and oxygen atoms in total. The van der Waals surface area contributed by atoms with E-state index in [0.29, 0.717) is 5.41 Å². The highest BCUT2D eigenvalue weighted by atomic mass is 16.5. The summed E-state index contributed by atoms with van der Waals surface area (Å²) >= 11 is 0. The summed E-state index contributed by atoms with van der Waals surface area (Å²) in [5.41, 5.74) is 6.15. The van der Waals surface area contributed by atoms with Gasteiger partial charge in [0.1, 0.15) is 5.75 Å². The first-order valence-corrected chi connectivity index (χ1v) is 9.10. The van der Waals surface area contributed by atoms with E-state index in [1.54, 1.807) is 12.7 Å². The van der Waals surface area contributed by atoms with Crippen LogP contribution in [0.25, 0.3) is 6.08 Å². The minimum absolute atomic E-state index is 0.407. The van der Waals surface area contributed by atoms with Crippen LogP contribution in [0.5, 0.6) is 5.75 Å². The molecule has 4 rings (SSSR count). The van der Waals surface area contributed by atoms with Crippen LogP contribution in [0, 0.1) is 17.3 Å². The van der Waals surface area contributed by atoms with Gasteiger partial charge in [0.15, 0.2) is 0 Å². The first-order chi connectivity index (χ1) is 11.1. The predicted molar refractivity (Wildman–Crippen MR) is 96.8 cm³/mol. The quantitative estimate of drug-likeness (QED) is 0.632. The Kier molecular flexibility index (Phi) is 3.44. The molecular weight excluding hydrogens is 280 g/mol. The van der Waals surface area contributed by atoms with E-state index in [4.69, 9.17) is 4.74 Å². The number of rotatable bonds is 2. The molecule has 3 aliphatic carbocycles. The van der Waals surface area contributed by atoms with Crippen LogP contribution >= 0.6 is 0 Å². The van der Waals surface area contributed by atoms with Crippen LogP contribution < -0.4 is 4.74 Å². The average Bonchev–Trinajstić information content (AvgIpc) is 2.88. The Hall–Kier alpha value is -1.50. The van der Waals surface area contributed by atoms with E-state index in [1.807, 2.05) is 6.08 Å². The van der Waals surface area contributed by atoms with Crippen LogP contribution in [-0.4, -0.2) is 7.11 Å².